The lowest BCUT2D eigenvalue weighted by atomic mass is 10.2. The summed E-state index contributed by atoms with van der Waals surface area (Å²) in [4.78, 5) is 31.6. The molecule has 0 aliphatic heterocycles. The maximum absolute atomic E-state index is 11.9. The lowest BCUT2D eigenvalue weighted by molar-refractivity contribution is 0.0927. The van der Waals surface area contributed by atoms with Crippen LogP contribution in [0.1, 0.15) is 20.7 Å². The van der Waals surface area contributed by atoms with Crippen molar-refractivity contribution in [1.29, 1.82) is 0 Å². The van der Waals surface area contributed by atoms with Crippen molar-refractivity contribution in [3.8, 4) is 0 Å². The second-order valence-corrected chi connectivity index (χ2v) is 6.13. The van der Waals surface area contributed by atoms with E-state index in [1.807, 2.05) is 0 Å². The van der Waals surface area contributed by atoms with Gasteiger partial charge in [-0.3, -0.25) is 19.6 Å². The summed E-state index contributed by atoms with van der Waals surface area (Å²) in [6, 6.07) is 3.35. The number of hydrogen-bond donors (Lipinski definition) is 2. The van der Waals surface area contributed by atoms with Gasteiger partial charge in [0.25, 0.3) is 11.8 Å². The molecule has 0 saturated heterocycles. The van der Waals surface area contributed by atoms with E-state index < -0.39 is 0 Å². The van der Waals surface area contributed by atoms with E-state index in [2.05, 4.69) is 52.5 Å². The Balaban J connectivity index is 1.77. The molecule has 2 aromatic rings. The first-order valence-corrected chi connectivity index (χ1v) is 7.92. The van der Waals surface area contributed by atoms with Crippen molar-refractivity contribution in [3.63, 3.8) is 0 Å². The second-order valence-electron chi connectivity index (χ2n) is 4.30. The number of carbonyl (C=O) groups excluding carboxylic acids is 2. The summed E-state index contributed by atoms with van der Waals surface area (Å²) in [6.07, 6.45) is 6.16. The SMILES string of the molecule is O=C(NCCNC(=O)c1cncc(Br)c1)c1cncc(Br)c1. The van der Waals surface area contributed by atoms with Crippen LogP contribution in [0.2, 0.25) is 0 Å². The molecular weight excluding hydrogens is 416 g/mol. The monoisotopic (exact) mass is 426 g/mol. The van der Waals surface area contributed by atoms with Gasteiger partial charge in [-0.15, -0.1) is 0 Å². The lowest BCUT2D eigenvalue weighted by Crippen LogP contribution is -2.34. The second kappa shape index (κ2) is 8.00. The van der Waals surface area contributed by atoms with Gasteiger partial charge in [-0.25, -0.2) is 0 Å². The van der Waals surface area contributed by atoms with Gasteiger partial charge in [0, 0.05) is 46.8 Å². The van der Waals surface area contributed by atoms with Crippen LogP contribution in [0.5, 0.6) is 0 Å². The highest BCUT2D eigenvalue weighted by molar-refractivity contribution is 9.10. The molecule has 2 aromatic heterocycles. The molecule has 0 atom stereocenters. The van der Waals surface area contributed by atoms with Gasteiger partial charge in [-0.2, -0.15) is 0 Å². The normalized spacial score (nSPS) is 10.1. The molecule has 0 saturated carbocycles. The van der Waals surface area contributed by atoms with Crippen LogP contribution in [0.3, 0.4) is 0 Å². The molecule has 2 amide bonds. The Bertz CT molecular complexity index is 635. The quantitative estimate of drug-likeness (QED) is 0.716. The van der Waals surface area contributed by atoms with Crippen LogP contribution < -0.4 is 10.6 Å². The van der Waals surface area contributed by atoms with Crippen LogP contribution in [0, 0.1) is 0 Å². The summed E-state index contributed by atoms with van der Waals surface area (Å²) in [7, 11) is 0. The van der Waals surface area contributed by atoms with Crippen molar-refractivity contribution in [3.05, 3.63) is 57.0 Å². The van der Waals surface area contributed by atoms with Gasteiger partial charge in [0.2, 0.25) is 0 Å². The highest BCUT2D eigenvalue weighted by Gasteiger charge is 2.08. The predicted octanol–water partition coefficient (Wildman–Crippen LogP) is 2.16. The molecule has 0 aromatic carbocycles. The van der Waals surface area contributed by atoms with Crippen molar-refractivity contribution in [2.45, 2.75) is 0 Å². The van der Waals surface area contributed by atoms with E-state index in [-0.39, 0.29) is 11.8 Å². The molecule has 2 rings (SSSR count). The van der Waals surface area contributed by atoms with Gasteiger partial charge >= 0.3 is 0 Å². The maximum atomic E-state index is 11.9. The van der Waals surface area contributed by atoms with Crippen molar-refractivity contribution >= 4 is 43.7 Å². The van der Waals surface area contributed by atoms with Gasteiger partial charge in [-0.1, -0.05) is 0 Å². The number of pyridine rings is 2. The number of halogens is 2. The maximum Gasteiger partial charge on any atom is 0.252 e. The molecule has 0 aliphatic rings. The van der Waals surface area contributed by atoms with E-state index in [0.717, 1.165) is 8.95 Å². The molecule has 2 heterocycles. The number of rotatable bonds is 5. The van der Waals surface area contributed by atoms with Gasteiger partial charge in [0.05, 0.1) is 11.1 Å². The van der Waals surface area contributed by atoms with E-state index in [0.29, 0.717) is 24.2 Å². The molecule has 0 radical (unpaired) electrons. The van der Waals surface area contributed by atoms with E-state index in [1.165, 1.54) is 12.4 Å². The molecule has 0 fully saturated rings. The van der Waals surface area contributed by atoms with Crippen LogP contribution in [-0.4, -0.2) is 34.9 Å². The van der Waals surface area contributed by atoms with Crippen LogP contribution in [0.15, 0.2) is 45.9 Å². The first-order chi connectivity index (χ1) is 10.6. The minimum Gasteiger partial charge on any atom is -0.350 e. The fraction of sp³-hybridized carbons (Fsp3) is 0.143. The first kappa shape index (κ1) is 16.6. The number of amides is 2. The molecule has 0 unspecified atom stereocenters. The third-order valence-corrected chi connectivity index (χ3v) is 3.50. The zero-order valence-corrected chi connectivity index (χ0v) is 14.5. The van der Waals surface area contributed by atoms with Crippen LogP contribution in [0.25, 0.3) is 0 Å². The summed E-state index contributed by atoms with van der Waals surface area (Å²) < 4.78 is 1.46. The Morgan fingerprint density at radius 1 is 0.818 bits per heavy atom. The Kier molecular flexibility index (Phi) is 6.02. The smallest absolute Gasteiger partial charge is 0.252 e. The third-order valence-electron chi connectivity index (χ3n) is 2.63. The summed E-state index contributed by atoms with van der Waals surface area (Å²) in [5, 5.41) is 5.41. The minimum absolute atomic E-state index is 0.243. The summed E-state index contributed by atoms with van der Waals surface area (Å²) in [5.74, 6) is -0.487. The summed E-state index contributed by atoms with van der Waals surface area (Å²) in [6.45, 7) is 0.636. The van der Waals surface area contributed by atoms with Crippen LogP contribution in [-0.2, 0) is 0 Å². The third kappa shape index (κ3) is 4.88. The van der Waals surface area contributed by atoms with E-state index in [4.69, 9.17) is 0 Å². The van der Waals surface area contributed by atoms with Gasteiger partial charge in [0.1, 0.15) is 0 Å². The highest BCUT2D eigenvalue weighted by Crippen LogP contribution is 2.10. The number of hydrogen-bond acceptors (Lipinski definition) is 4. The van der Waals surface area contributed by atoms with Gasteiger partial charge in [0.15, 0.2) is 0 Å². The Hall–Kier alpha value is -1.80. The minimum atomic E-state index is -0.243. The molecule has 8 heteroatoms. The fourth-order valence-corrected chi connectivity index (χ4v) is 2.36. The first-order valence-electron chi connectivity index (χ1n) is 6.34. The number of aromatic nitrogens is 2. The van der Waals surface area contributed by atoms with E-state index >= 15 is 0 Å². The van der Waals surface area contributed by atoms with Crippen molar-refractivity contribution in [1.82, 2.24) is 20.6 Å². The average Bonchev–Trinajstić information content (AvgIpc) is 2.51. The van der Waals surface area contributed by atoms with Gasteiger partial charge in [-0.05, 0) is 44.0 Å². The standard InChI is InChI=1S/C14H12Br2N4O2/c15-11-3-9(5-17-7-11)13(21)19-1-2-20-14(22)10-4-12(16)8-18-6-10/h3-8H,1-2H2,(H,19,21)(H,20,22). The highest BCUT2D eigenvalue weighted by atomic mass is 79.9. The topological polar surface area (TPSA) is 84.0 Å². The van der Waals surface area contributed by atoms with Crippen molar-refractivity contribution in [2.75, 3.05) is 13.1 Å². The fourth-order valence-electron chi connectivity index (χ4n) is 1.63. The number of nitrogens with one attached hydrogen (secondary N) is 2. The molecule has 0 spiro atoms. The summed E-state index contributed by atoms with van der Waals surface area (Å²) >= 11 is 6.51. The average molecular weight is 428 g/mol. The molecular formula is C14H12Br2N4O2. The summed E-state index contributed by atoms with van der Waals surface area (Å²) in [5.41, 5.74) is 0.911. The number of carbonyl (C=O) groups is 2. The van der Waals surface area contributed by atoms with Crippen molar-refractivity contribution in [2.24, 2.45) is 0 Å². The lowest BCUT2D eigenvalue weighted by Gasteiger charge is -2.07. The molecule has 2 N–H and O–H groups in total. The Morgan fingerprint density at radius 2 is 1.23 bits per heavy atom. The van der Waals surface area contributed by atoms with E-state index in [9.17, 15) is 9.59 Å². The largest absolute Gasteiger partial charge is 0.350 e. The predicted molar refractivity (Wildman–Crippen MR) is 88.5 cm³/mol. The van der Waals surface area contributed by atoms with Crippen LogP contribution >= 0.6 is 31.9 Å². The van der Waals surface area contributed by atoms with Gasteiger partial charge < -0.3 is 10.6 Å². The zero-order valence-electron chi connectivity index (χ0n) is 11.3. The van der Waals surface area contributed by atoms with E-state index in [1.54, 1.807) is 24.5 Å². The molecule has 22 heavy (non-hydrogen) atoms. The Labute approximate surface area is 144 Å². The number of nitrogens with zero attached hydrogens (tertiary/aromatic N) is 2. The van der Waals surface area contributed by atoms with Crippen molar-refractivity contribution < 1.29 is 9.59 Å². The molecule has 0 bridgehead atoms. The van der Waals surface area contributed by atoms with Crippen LogP contribution in [0.4, 0.5) is 0 Å². The zero-order chi connectivity index (χ0) is 15.9. The molecule has 0 aliphatic carbocycles. The molecule has 114 valence electrons. The Morgan fingerprint density at radius 3 is 1.59 bits per heavy atom. The molecule has 6 nitrogen and oxygen atoms in total.